The van der Waals surface area contributed by atoms with Crippen molar-refractivity contribution in [3.63, 3.8) is 0 Å². The van der Waals surface area contributed by atoms with E-state index in [4.69, 9.17) is 15.2 Å². The highest BCUT2D eigenvalue weighted by Gasteiger charge is 2.15. The van der Waals surface area contributed by atoms with E-state index in [1.165, 1.54) is 0 Å². The summed E-state index contributed by atoms with van der Waals surface area (Å²) in [5, 5.41) is 13.8. The van der Waals surface area contributed by atoms with E-state index in [2.05, 4.69) is 25.4 Å². The van der Waals surface area contributed by atoms with Crippen LogP contribution >= 0.6 is 0 Å². The molecule has 10 heteroatoms. The summed E-state index contributed by atoms with van der Waals surface area (Å²) in [6.07, 6.45) is 4.69. The Morgan fingerprint density at radius 2 is 2.00 bits per heavy atom. The average Bonchev–Trinajstić information content (AvgIpc) is 3.37. The van der Waals surface area contributed by atoms with Crippen molar-refractivity contribution in [3.8, 4) is 17.1 Å². The van der Waals surface area contributed by atoms with Crippen LogP contribution in [0.5, 0.6) is 5.75 Å². The van der Waals surface area contributed by atoms with E-state index in [9.17, 15) is 0 Å². The normalized spacial score (nSPS) is 11.2. The molecule has 0 aliphatic rings. The van der Waals surface area contributed by atoms with Gasteiger partial charge in [-0.2, -0.15) is 5.10 Å². The first kappa shape index (κ1) is 18.8. The zero-order valence-electron chi connectivity index (χ0n) is 16.3. The first-order chi connectivity index (χ1) is 14.2. The molecular formula is C19H22N8O2. The minimum atomic E-state index is 0.154. The van der Waals surface area contributed by atoms with E-state index in [1.54, 1.807) is 18.9 Å². The van der Waals surface area contributed by atoms with Gasteiger partial charge in [0.05, 0.1) is 25.5 Å². The summed E-state index contributed by atoms with van der Waals surface area (Å²) in [6.45, 7) is 2.03. The Hall–Kier alpha value is -3.53. The van der Waals surface area contributed by atoms with Gasteiger partial charge in [0.1, 0.15) is 22.7 Å². The lowest BCUT2D eigenvalue weighted by Gasteiger charge is -2.07. The minimum absolute atomic E-state index is 0.154. The number of nitrogens with two attached hydrogens (primary N) is 1. The third kappa shape index (κ3) is 4.02. The lowest BCUT2D eigenvalue weighted by Crippen LogP contribution is -2.05. The Balaban J connectivity index is 1.58. The van der Waals surface area contributed by atoms with Gasteiger partial charge < -0.3 is 15.2 Å². The van der Waals surface area contributed by atoms with Gasteiger partial charge in [0.15, 0.2) is 0 Å². The third-order valence-electron chi connectivity index (χ3n) is 4.46. The van der Waals surface area contributed by atoms with Crippen molar-refractivity contribution in [2.24, 2.45) is 0 Å². The number of aryl methyl sites for hydroxylation is 1. The monoisotopic (exact) mass is 394 g/mol. The zero-order valence-corrected chi connectivity index (χ0v) is 16.3. The number of nitrogens with zero attached hydrogens (tertiary/aromatic N) is 7. The van der Waals surface area contributed by atoms with Gasteiger partial charge in [-0.25, -0.2) is 14.6 Å². The molecule has 0 spiro atoms. The molecule has 0 radical (unpaired) electrons. The summed E-state index contributed by atoms with van der Waals surface area (Å²) in [4.78, 5) is 8.68. The number of anilines is 1. The lowest BCUT2D eigenvalue weighted by molar-refractivity contribution is 0.189. The van der Waals surface area contributed by atoms with Crippen LogP contribution in [0.4, 0.5) is 5.95 Å². The molecule has 0 fully saturated rings. The van der Waals surface area contributed by atoms with Crippen LogP contribution in [0.25, 0.3) is 22.3 Å². The highest BCUT2D eigenvalue weighted by molar-refractivity contribution is 5.95. The quantitative estimate of drug-likeness (QED) is 0.449. The van der Waals surface area contributed by atoms with Gasteiger partial charge >= 0.3 is 0 Å². The van der Waals surface area contributed by atoms with E-state index >= 15 is 0 Å². The summed E-state index contributed by atoms with van der Waals surface area (Å²) in [5.74, 6) is 0.783. The largest absolute Gasteiger partial charge is 0.494 e. The molecule has 3 aromatic heterocycles. The Morgan fingerprint density at radius 1 is 1.10 bits per heavy atom. The van der Waals surface area contributed by atoms with Gasteiger partial charge in [-0.15, -0.1) is 5.10 Å². The van der Waals surface area contributed by atoms with E-state index in [1.807, 2.05) is 41.3 Å². The highest BCUT2D eigenvalue weighted by atomic mass is 16.5. The number of fused-ring (bicyclic) bond motifs is 1. The Bertz CT molecular complexity index is 1120. The van der Waals surface area contributed by atoms with Crippen LogP contribution in [0.2, 0.25) is 0 Å². The van der Waals surface area contributed by atoms with Crippen LogP contribution in [0, 0.1) is 0 Å². The van der Waals surface area contributed by atoms with Gasteiger partial charge in [0.2, 0.25) is 5.95 Å². The number of hydrogen-bond donors (Lipinski definition) is 1. The zero-order chi connectivity index (χ0) is 20.2. The fourth-order valence-corrected chi connectivity index (χ4v) is 3.14. The van der Waals surface area contributed by atoms with Gasteiger partial charge in [-0.05, 0) is 18.6 Å². The van der Waals surface area contributed by atoms with Crippen molar-refractivity contribution in [1.29, 1.82) is 0 Å². The Labute approximate surface area is 167 Å². The van der Waals surface area contributed by atoms with Crippen LogP contribution in [0.3, 0.4) is 0 Å². The molecule has 10 nitrogen and oxygen atoms in total. The van der Waals surface area contributed by atoms with E-state index in [-0.39, 0.29) is 5.95 Å². The van der Waals surface area contributed by atoms with E-state index < -0.39 is 0 Å². The van der Waals surface area contributed by atoms with Crippen molar-refractivity contribution < 1.29 is 9.47 Å². The second-order valence-electron chi connectivity index (χ2n) is 6.50. The molecule has 0 aliphatic heterocycles. The molecule has 4 rings (SSSR count). The Kier molecular flexibility index (Phi) is 5.34. The number of ether oxygens (including phenoxy) is 2. The summed E-state index contributed by atoms with van der Waals surface area (Å²) < 4.78 is 14.1. The topological polar surface area (TPSA) is 119 Å². The molecule has 0 atom stereocenters. The van der Waals surface area contributed by atoms with Crippen LogP contribution in [0.1, 0.15) is 12.1 Å². The maximum absolute atomic E-state index is 5.91. The lowest BCUT2D eigenvalue weighted by atomic mass is 10.1. The molecule has 0 bridgehead atoms. The molecule has 1 aromatic carbocycles. The molecular weight excluding hydrogens is 372 g/mol. The molecule has 2 N–H and O–H groups in total. The predicted molar refractivity (Wildman–Crippen MR) is 107 cm³/mol. The maximum Gasteiger partial charge on any atom is 0.221 e. The number of rotatable bonds is 8. The fraction of sp³-hybridized carbons (Fsp3) is 0.316. The second-order valence-corrected chi connectivity index (χ2v) is 6.50. The molecule has 0 saturated carbocycles. The molecule has 0 unspecified atom stereocenters. The number of hydrogen-bond acceptors (Lipinski definition) is 8. The van der Waals surface area contributed by atoms with Crippen LogP contribution in [-0.2, 0) is 17.8 Å². The first-order valence-electron chi connectivity index (χ1n) is 9.20. The van der Waals surface area contributed by atoms with Gasteiger partial charge in [-0.3, -0.25) is 4.68 Å². The smallest absolute Gasteiger partial charge is 0.221 e. The minimum Gasteiger partial charge on any atom is -0.494 e. The van der Waals surface area contributed by atoms with Crippen LogP contribution in [0.15, 0.2) is 36.7 Å². The van der Waals surface area contributed by atoms with Crippen LogP contribution < -0.4 is 10.5 Å². The average molecular weight is 394 g/mol. The summed E-state index contributed by atoms with van der Waals surface area (Å²) >= 11 is 0. The summed E-state index contributed by atoms with van der Waals surface area (Å²) in [5.41, 5.74) is 8.67. The molecule has 29 heavy (non-hydrogen) atoms. The molecule has 150 valence electrons. The van der Waals surface area contributed by atoms with Crippen molar-refractivity contribution >= 4 is 16.9 Å². The number of aromatic nitrogens is 7. The number of nitrogen functional groups attached to an aromatic ring is 1. The van der Waals surface area contributed by atoms with Gasteiger partial charge in [-0.1, -0.05) is 17.3 Å². The fourth-order valence-electron chi connectivity index (χ4n) is 3.14. The molecule has 0 amide bonds. The SMILES string of the molecule is COCCCn1ccc(Cn2cc(-c3nc(N)nc4c(OC)cccc34)nn2)n1. The third-order valence-corrected chi connectivity index (χ3v) is 4.46. The van der Waals surface area contributed by atoms with Crippen molar-refractivity contribution in [2.75, 3.05) is 26.6 Å². The van der Waals surface area contributed by atoms with E-state index in [0.29, 0.717) is 35.8 Å². The standard InChI is InChI=1S/C19H22N8O2/c1-28-10-4-8-26-9-7-13(24-26)11-27-12-15(23-25-27)17-14-5-3-6-16(29-2)18(14)22-19(20)21-17/h3,5-7,9,12H,4,8,10-11H2,1-2H3,(H2,20,21,22). The van der Waals surface area contributed by atoms with Crippen molar-refractivity contribution in [2.45, 2.75) is 19.5 Å². The molecule has 3 heterocycles. The van der Waals surface area contributed by atoms with Crippen LogP contribution in [-0.4, -0.2) is 55.6 Å². The number of benzene rings is 1. The summed E-state index contributed by atoms with van der Waals surface area (Å²) in [7, 11) is 3.29. The highest BCUT2D eigenvalue weighted by Crippen LogP contribution is 2.30. The molecule has 0 saturated heterocycles. The maximum atomic E-state index is 5.91. The van der Waals surface area contributed by atoms with Crippen molar-refractivity contribution in [1.82, 2.24) is 34.7 Å². The first-order valence-corrected chi connectivity index (χ1v) is 9.20. The Morgan fingerprint density at radius 3 is 2.83 bits per heavy atom. The van der Waals surface area contributed by atoms with Crippen molar-refractivity contribution in [3.05, 3.63) is 42.4 Å². The molecule has 4 aromatic rings. The predicted octanol–water partition coefficient (Wildman–Crippen LogP) is 1.76. The summed E-state index contributed by atoms with van der Waals surface area (Å²) in [6, 6.07) is 7.59. The van der Waals surface area contributed by atoms with E-state index in [0.717, 1.165) is 24.0 Å². The number of methoxy groups -OCH3 is 2. The number of para-hydroxylation sites is 1. The second kappa shape index (κ2) is 8.23. The van der Waals surface area contributed by atoms with Gasteiger partial charge in [0.25, 0.3) is 0 Å². The molecule has 0 aliphatic carbocycles. The van der Waals surface area contributed by atoms with Gasteiger partial charge in [0, 0.05) is 31.8 Å².